The maximum Gasteiger partial charge on any atom is 0.165 e. The fourth-order valence-corrected chi connectivity index (χ4v) is 1.71. The van der Waals surface area contributed by atoms with Gasteiger partial charge in [0.15, 0.2) is 12.0 Å². The summed E-state index contributed by atoms with van der Waals surface area (Å²) in [6, 6.07) is 1.94. The van der Waals surface area contributed by atoms with E-state index in [0.717, 1.165) is 28.7 Å². The first-order valence-corrected chi connectivity index (χ1v) is 4.69. The van der Waals surface area contributed by atoms with Gasteiger partial charge in [-0.05, 0) is 31.0 Å². The number of methoxy groups -OCH3 is 1. The summed E-state index contributed by atoms with van der Waals surface area (Å²) in [4.78, 5) is 11.0. The molecule has 0 radical (unpaired) electrons. The number of fused-ring (bicyclic) bond motifs is 1. The average Bonchev–Trinajstić information content (AvgIpc) is 2.54. The maximum atomic E-state index is 11.0. The van der Waals surface area contributed by atoms with Gasteiger partial charge in [-0.1, -0.05) is 0 Å². The Morgan fingerprint density at radius 1 is 1.40 bits per heavy atom. The van der Waals surface area contributed by atoms with Crippen molar-refractivity contribution in [3.63, 3.8) is 0 Å². The lowest BCUT2D eigenvalue weighted by atomic mass is 10.1. The quantitative estimate of drug-likeness (QED) is 0.706. The lowest BCUT2D eigenvalue weighted by Crippen LogP contribution is -1.93. The summed E-state index contributed by atoms with van der Waals surface area (Å²) in [5.41, 5.74) is 3.55. The molecule has 0 aromatic carbocycles. The fraction of sp³-hybridized carbons (Fsp3) is 0.250. The van der Waals surface area contributed by atoms with Gasteiger partial charge in [-0.3, -0.25) is 4.79 Å². The minimum atomic E-state index is 0.475. The Kier molecular flexibility index (Phi) is 2.23. The van der Waals surface area contributed by atoms with Crippen molar-refractivity contribution in [2.45, 2.75) is 13.8 Å². The molecular weight excluding hydrogens is 192 g/mol. The number of ether oxygens (including phenoxy) is 1. The molecule has 3 nitrogen and oxygen atoms in total. The van der Waals surface area contributed by atoms with E-state index < -0.39 is 0 Å². The molecule has 0 saturated heterocycles. The third-order valence-corrected chi connectivity index (χ3v) is 2.71. The summed E-state index contributed by atoms with van der Waals surface area (Å²) in [7, 11) is 1.52. The Morgan fingerprint density at radius 2 is 2.13 bits per heavy atom. The summed E-state index contributed by atoms with van der Waals surface area (Å²) in [5, 5.41) is 0. The van der Waals surface area contributed by atoms with E-state index in [1.54, 1.807) is 0 Å². The average molecular weight is 204 g/mol. The first-order chi connectivity index (χ1) is 7.19. The molecule has 0 fully saturated rings. The van der Waals surface area contributed by atoms with Crippen LogP contribution in [0.3, 0.4) is 0 Å². The summed E-state index contributed by atoms with van der Waals surface area (Å²) in [6.45, 7) is 3.97. The lowest BCUT2D eigenvalue weighted by molar-refractivity contribution is 0.112. The van der Waals surface area contributed by atoms with Gasteiger partial charge in [0, 0.05) is 5.56 Å². The number of hydrogen-bond acceptors (Lipinski definition) is 3. The zero-order chi connectivity index (χ0) is 11.0. The van der Waals surface area contributed by atoms with E-state index in [-0.39, 0.29) is 0 Å². The van der Waals surface area contributed by atoms with Gasteiger partial charge >= 0.3 is 0 Å². The Balaban J connectivity index is 2.80. The molecule has 1 aliphatic heterocycles. The van der Waals surface area contributed by atoms with E-state index in [1.165, 1.54) is 13.4 Å². The van der Waals surface area contributed by atoms with Crippen LogP contribution in [0.5, 0.6) is 5.75 Å². The Labute approximate surface area is 88.0 Å². The normalized spacial score (nSPS) is 10.6. The monoisotopic (exact) mass is 204 g/mol. The minimum absolute atomic E-state index is 0.475. The molecule has 0 bridgehead atoms. The zero-order valence-corrected chi connectivity index (χ0v) is 8.96. The van der Waals surface area contributed by atoms with Gasteiger partial charge in [-0.25, -0.2) is 0 Å². The van der Waals surface area contributed by atoms with Crippen molar-refractivity contribution in [1.82, 2.24) is 0 Å². The number of carbonyl (C=O) groups is 1. The zero-order valence-electron chi connectivity index (χ0n) is 8.96. The highest BCUT2D eigenvalue weighted by Crippen LogP contribution is 2.37. The minimum Gasteiger partial charge on any atom is -0.493 e. The van der Waals surface area contributed by atoms with Gasteiger partial charge in [0.25, 0.3) is 0 Å². The molecule has 2 rings (SSSR count). The van der Waals surface area contributed by atoms with E-state index in [0.29, 0.717) is 11.3 Å². The predicted molar refractivity (Wildman–Crippen MR) is 56.7 cm³/mol. The van der Waals surface area contributed by atoms with Crippen LogP contribution in [-0.2, 0) is 0 Å². The van der Waals surface area contributed by atoms with Gasteiger partial charge < -0.3 is 9.15 Å². The molecule has 0 saturated carbocycles. The molecule has 0 spiro atoms. The number of carbonyl (C=O) groups excluding carboxylic acids is 1. The van der Waals surface area contributed by atoms with Crippen molar-refractivity contribution < 1.29 is 13.9 Å². The molecule has 0 atom stereocenters. The van der Waals surface area contributed by atoms with Crippen LogP contribution in [0.4, 0.5) is 0 Å². The summed E-state index contributed by atoms with van der Waals surface area (Å²) in [6.07, 6.45) is 2.27. The second kappa shape index (κ2) is 3.42. The Morgan fingerprint density at radius 3 is 2.73 bits per heavy atom. The highest BCUT2D eigenvalue weighted by molar-refractivity contribution is 5.91. The first-order valence-electron chi connectivity index (χ1n) is 4.69. The fourth-order valence-electron chi connectivity index (χ4n) is 1.71. The molecule has 2 aliphatic rings. The molecule has 0 unspecified atom stereocenters. The van der Waals surface area contributed by atoms with Gasteiger partial charge in [-0.2, -0.15) is 0 Å². The van der Waals surface area contributed by atoms with Crippen molar-refractivity contribution >= 4 is 6.29 Å². The highest BCUT2D eigenvalue weighted by Gasteiger charge is 2.19. The molecule has 1 aliphatic carbocycles. The van der Waals surface area contributed by atoms with Crippen LogP contribution in [0.25, 0.3) is 11.3 Å². The molecule has 15 heavy (non-hydrogen) atoms. The predicted octanol–water partition coefficient (Wildman–Crippen LogP) is 2.82. The molecule has 0 aromatic heterocycles. The molecule has 0 aromatic rings. The van der Waals surface area contributed by atoms with Gasteiger partial charge in [0.05, 0.1) is 12.7 Å². The molecule has 78 valence electrons. The first kappa shape index (κ1) is 9.77. The third-order valence-electron chi connectivity index (χ3n) is 2.71. The van der Waals surface area contributed by atoms with Crippen molar-refractivity contribution in [1.29, 1.82) is 0 Å². The van der Waals surface area contributed by atoms with Crippen LogP contribution in [0.2, 0.25) is 0 Å². The topological polar surface area (TPSA) is 39.4 Å². The Bertz CT molecular complexity index is 482. The lowest BCUT2D eigenvalue weighted by Gasteiger charge is -2.07. The molecule has 1 heterocycles. The highest BCUT2D eigenvalue weighted by atomic mass is 16.5. The second-order valence-electron chi connectivity index (χ2n) is 3.53. The standard InChI is InChI=1S/C12H12O3/c1-7-4-9-10(5-13)11(14-3)6-15-12(9)8(7)2/h4-6H,1-3H3. The van der Waals surface area contributed by atoms with E-state index in [9.17, 15) is 4.79 Å². The van der Waals surface area contributed by atoms with Crippen LogP contribution in [0.1, 0.15) is 21.5 Å². The van der Waals surface area contributed by atoms with Crippen LogP contribution in [0.15, 0.2) is 16.7 Å². The van der Waals surface area contributed by atoms with E-state index in [1.807, 2.05) is 19.9 Å². The van der Waals surface area contributed by atoms with Gasteiger partial charge in [-0.15, -0.1) is 0 Å². The molecule has 0 N–H and O–H groups in total. The number of hydrogen-bond donors (Lipinski definition) is 0. The van der Waals surface area contributed by atoms with Crippen molar-refractivity contribution in [3.05, 3.63) is 29.0 Å². The SMILES string of the molecule is COc1coc2c(C)c(C)cc-2c1C=O. The molecular formula is C12H12O3. The summed E-state index contributed by atoms with van der Waals surface area (Å²) < 4.78 is 10.5. The maximum absolute atomic E-state index is 11.0. The third kappa shape index (κ3) is 1.31. The Hall–Kier alpha value is -1.77. The van der Waals surface area contributed by atoms with Crippen LogP contribution < -0.4 is 4.74 Å². The van der Waals surface area contributed by atoms with Gasteiger partial charge in [0.2, 0.25) is 0 Å². The number of rotatable bonds is 2. The smallest absolute Gasteiger partial charge is 0.165 e. The van der Waals surface area contributed by atoms with E-state index >= 15 is 0 Å². The van der Waals surface area contributed by atoms with Crippen molar-refractivity contribution in [2.24, 2.45) is 0 Å². The van der Waals surface area contributed by atoms with Crippen LogP contribution in [0, 0.1) is 13.8 Å². The molecule has 3 heteroatoms. The van der Waals surface area contributed by atoms with Crippen LogP contribution in [-0.4, -0.2) is 13.4 Å². The van der Waals surface area contributed by atoms with E-state index in [2.05, 4.69) is 0 Å². The van der Waals surface area contributed by atoms with E-state index in [4.69, 9.17) is 9.15 Å². The van der Waals surface area contributed by atoms with Crippen molar-refractivity contribution in [3.8, 4) is 17.1 Å². The van der Waals surface area contributed by atoms with Crippen LogP contribution >= 0.6 is 0 Å². The summed E-state index contributed by atoms with van der Waals surface area (Å²) in [5.74, 6) is 1.23. The summed E-state index contributed by atoms with van der Waals surface area (Å²) >= 11 is 0. The number of aldehydes is 1. The molecule has 0 amide bonds. The second-order valence-corrected chi connectivity index (χ2v) is 3.53. The van der Waals surface area contributed by atoms with Crippen molar-refractivity contribution in [2.75, 3.05) is 7.11 Å². The largest absolute Gasteiger partial charge is 0.493 e. The van der Waals surface area contributed by atoms with Gasteiger partial charge in [0.1, 0.15) is 12.0 Å². The number of aryl methyl sites for hydroxylation is 1.